The number of nitrogens with zero attached hydrogens (tertiary/aromatic N) is 2. The minimum absolute atomic E-state index is 0.228. The zero-order valence-electron chi connectivity index (χ0n) is 12.9. The summed E-state index contributed by atoms with van der Waals surface area (Å²) in [6.45, 7) is 2.00. The number of esters is 1. The van der Waals surface area contributed by atoms with E-state index < -0.39 is 11.9 Å². The molecule has 1 amide bonds. The maximum atomic E-state index is 11.1. The predicted octanol–water partition coefficient (Wildman–Crippen LogP) is 1.00. The normalized spacial score (nSPS) is 9.96. The van der Waals surface area contributed by atoms with Crippen molar-refractivity contribution < 1.29 is 23.8 Å². The summed E-state index contributed by atoms with van der Waals surface area (Å²) in [5.74, 6) is -0.170. The Hall–Kier alpha value is -3.08. The maximum absolute atomic E-state index is 11.1. The van der Waals surface area contributed by atoms with E-state index in [4.69, 9.17) is 14.7 Å². The highest BCUT2D eigenvalue weighted by atomic mass is 16.6. The van der Waals surface area contributed by atoms with Crippen molar-refractivity contribution in [3.05, 3.63) is 23.8 Å². The topological polar surface area (TPSA) is 110 Å². The number of nitrogens with one attached hydrogen (secondary N) is 1. The molecule has 0 radical (unpaired) electrons. The van der Waals surface area contributed by atoms with Gasteiger partial charge in [-0.2, -0.15) is 10.4 Å². The van der Waals surface area contributed by atoms with E-state index in [2.05, 4.69) is 15.3 Å². The molecule has 0 heterocycles. The van der Waals surface area contributed by atoms with E-state index in [1.807, 2.05) is 6.92 Å². The van der Waals surface area contributed by atoms with Crippen LogP contribution in [0, 0.1) is 11.3 Å². The molecule has 0 fully saturated rings. The molecule has 0 aromatic heterocycles. The number of ether oxygens (including phenoxy) is 3. The van der Waals surface area contributed by atoms with Gasteiger partial charge in [-0.1, -0.05) is 0 Å². The molecule has 1 rings (SSSR count). The summed E-state index contributed by atoms with van der Waals surface area (Å²) < 4.78 is 15.3. The number of methoxy groups -OCH3 is 1. The minimum atomic E-state index is -0.502. The molecule has 122 valence electrons. The van der Waals surface area contributed by atoms with Crippen molar-refractivity contribution in [1.29, 1.82) is 5.26 Å². The van der Waals surface area contributed by atoms with Crippen LogP contribution < -0.4 is 14.9 Å². The quantitative estimate of drug-likeness (QED) is 0.435. The minimum Gasteiger partial charge on any atom is -0.490 e. The van der Waals surface area contributed by atoms with Crippen LogP contribution in [0.1, 0.15) is 18.9 Å². The molecule has 0 saturated carbocycles. The van der Waals surface area contributed by atoms with Gasteiger partial charge in [-0.25, -0.2) is 10.2 Å². The summed E-state index contributed by atoms with van der Waals surface area (Å²) in [4.78, 5) is 22.2. The highest BCUT2D eigenvalue weighted by Crippen LogP contribution is 2.28. The van der Waals surface area contributed by atoms with E-state index in [0.717, 1.165) is 0 Å². The van der Waals surface area contributed by atoms with E-state index in [-0.39, 0.29) is 13.0 Å². The van der Waals surface area contributed by atoms with Gasteiger partial charge in [0.15, 0.2) is 18.1 Å². The first kappa shape index (κ1) is 18.0. The summed E-state index contributed by atoms with van der Waals surface area (Å²) in [5, 5.41) is 12.1. The van der Waals surface area contributed by atoms with Gasteiger partial charge in [0, 0.05) is 0 Å². The van der Waals surface area contributed by atoms with Crippen LogP contribution in [0.5, 0.6) is 11.5 Å². The number of benzene rings is 1. The van der Waals surface area contributed by atoms with E-state index in [1.54, 1.807) is 24.3 Å². The monoisotopic (exact) mass is 319 g/mol. The third-order valence-corrected chi connectivity index (χ3v) is 2.48. The smallest absolute Gasteiger partial charge is 0.343 e. The lowest BCUT2D eigenvalue weighted by Crippen LogP contribution is -2.16. The van der Waals surface area contributed by atoms with Crippen molar-refractivity contribution in [1.82, 2.24) is 5.43 Å². The fourth-order valence-corrected chi connectivity index (χ4v) is 1.48. The fourth-order valence-electron chi connectivity index (χ4n) is 1.48. The van der Waals surface area contributed by atoms with E-state index in [1.165, 1.54) is 13.3 Å². The molecule has 0 unspecified atom stereocenters. The molecule has 1 aromatic rings. The van der Waals surface area contributed by atoms with Crippen LogP contribution in [0.15, 0.2) is 23.3 Å². The molecule has 23 heavy (non-hydrogen) atoms. The second-order valence-electron chi connectivity index (χ2n) is 4.13. The summed E-state index contributed by atoms with van der Waals surface area (Å²) in [6.07, 6.45) is 1.14. The Balaban J connectivity index is 2.78. The third-order valence-electron chi connectivity index (χ3n) is 2.48. The molecular formula is C15H17N3O5. The van der Waals surface area contributed by atoms with Crippen molar-refractivity contribution >= 4 is 18.1 Å². The Labute approximate surface area is 133 Å². The first-order chi connectivity index (χ1) is 11.1. The average molecular weight is 319 g/mol. The highest BCUT2D eigenvalue weighted by Gasteiger charge is 2.09. The third kappa shape index (κ3) is 6.48. The predicted molar refractivity (Wildman–Crippen MR) is 81.1 cm³/mol. The van der Waals surface area contributed by atoms with Crippen LogP contribution in [0.2, 0.25) is 0 Å². The van der Waals surface area contributed by atoms with E-state index in [9.17, 15) is 9.59 Å². The second-order valence-corrected chi connectivity index (χ2v) is 4.13. The first-order valence-corrected chi connectivity index (χ1v) is 6.76. The number of carbonyl (C=O) groups is 2. The molecule has 0 bridgehead atoms. The molecule has 0 atom stereocenters. The van der Waals surface area contributed by atoms with Crippen molar-refractivity contribution in [3.8, 4) is 17.6 Å². The molecule has 0 saturated heterocycles. The van der Waals surface area contributed by atoms with Gasteiger partial charge in [0.05, 0.1) is 26.0 Å². The van der Waals surface area contributed by atoms with Gasteiger partial charge in [-0.3, -0.25) is 4.79 Å². The number of amides is 1. The molecule has 0 spiro atoms. The van der Waals surface area contributed by atoms with Crippen LogP contribution in [0.4, 0.5) is 0 Å². The number of carbonyl (C=O) groups excluding carboxylic acids is 2. The Morgan fingerprint density at radius 3 is 2.78 bits per heavy atom. The molecule has 1 aromatic carbocycles. The molecule has 0 aliphatic carbocycles. The van der Waals surface area contributed by atoms with E-state index >= 15 is 0 Å². The maximum Gasteiger partial charge on any atom is 0.343 e. The molecular weight excluding hydrogens is 302 g/mol. The zero-order chi connectivity index (χ0) is 17.1. The van der Waals surface area contributed by atoms with Crippen molar-refractivity contribution in [2.24, 2.45) is 5.10 Å². The summed E-state index contributed by atoms with van der Waals surface area (Å²) in [6, 6.07) is 6.66. The Bertz CT molecular complexity index is 622. The SMILES string of the molecule is CCOc1cc(C=NNC(=O)CC#N)ccc1OCC(=O)OC. The Morgan fingerprint density at radius 2 is 2.13 bits per heavy atom. The number of hydrazone groups is 1. The van der Waals surface area contributed by atoms with Crippen molar-refractivity contribution in [2.75, 3.05) is 20.3 Å². The van der Waals surface area contributed by atoms with Crippen LogP contribution in [0.25, 0.3) is 0 Å². The fraction of sp³-hybridized carbons (Fsp3) is 0.333. The lowest BCUT2D eigenvalue weighted by Gasteiger charge is -2.11. The number of nitriles is 1. The standard InChI is InChI=1S/C15H17N3O5/c1-3-22-13-8-11(9-17-18-14(19)6-7-16)4-5-12(13)23-10-15(20)21-2/h4-5,8-9H,3,6,10H2,1-2H3,(H,18,19). The summed E-state index contributed by atoms with van der Waals surface area (Å²) in [7, 11) is 1.27. The van der Waals surface area contributed by atoms with Crippen molar-refractivity contribution in [2.45, 2.75) is 13.3 Å². The average Bonchev–Trinajstić information content (AvgIpc) is 2.54. The molecule has 0 aliphatic heterocycles. The van der Waals surface area contributed by atoms with E-state index in [0.29, 0.717) is 23.7 Å². The van der Waals surface area contributed by atoms with Gasteiger partial charge in [0.1, 0.15) is 6.42 Å². The van der Waals surface area contributed by atoms with Crippen LogP contribution in [0.3, 0.4) is 0 Å². The van der Waals surface area contributed by atoms with Crippen LogP contribution in [-0.2, 0) is 14.3 Å². The zero-order valence-corrected chi connectivity index (χ0v) is 12.9. The van der Waals surface area contributed by atoms with Gasteiger partial charge in [-0.05, 0) is 30.7 Å². The molecule has 8 nitrogen and oxygen atoms in total. The van der Waals surface area contributed by atoms with Crippen molar-refractivity contribution in [3.63, 3.8) is 0 Å². The molecule has 0 aliphatic rings. The summed E-state index contributed by atoms with van der Waals surface area (Å²) >= 11 is 0. The number of hydrogen-bond donors (Lipinski definition) is 1. The summed E-state index contributed by atoms with van der Waals surface area (Å²) in [5.41, 5.74) is 2.87. The second kappa shape index (κ2) is 9.78. The molecule has 8 heteroatoms. The first-order valence-electron chi connectivity index (χ1n) is 6.76. The molecule has 1 N–H and O–H groups in total. The Morgan fingerprint density at radius 1 is 1.35 bits per heavy atom. The lowest BCUT2D eigenvalue weighted by atomic mass is 10.2. The number of rotatable bonds is 8. The van der Waals surface area contributed by atoms with Gasteiger partial charge in [0.25, 0.3) is 5.91 Å². The Kier molecular flexibility index (Phi) is 7.64. The van der Waals surface area contributed by atoms with Gasteiger partial charge < -0.3 is 14.2 Å². The number of hydrogen-bond acceptors (Lipinski definition) is 7. The largest absolute Gasteiger partial charge is 0.490 e. The lowest BCUT2D eigenvalue weighted by molar-refractivity contribution is -0.142. The highest BCUT2D eigenvalue weighted by molar-refractivity contribution is 5.83. The van der Waals surface area contributed by atoms with Crippen LogP contribution in [-0.4, -0.2) is 38.4 Å². The van der Waals surface area contributed by atoms with Crippen LogP contribution >= 0.6 is 0 Å². The van der Waals surface area contributed by atoms with Gasteiger partial charge >= 0.3 is 5.97 Å². The van der Waals surface area contributed by atoms with Gasteiger partial charge in [0.2, 0.25) is 0 Å². The van der Waals surface area contributed by atoms with Gasteiger partial charge in [-0.15, -0.1) is 0 Å².